The van der Waals surface area contributed by atoms with Crippen molar-refractivity contribution in [3.63, 3.8) is 0 Å². The molecular formula is C18H15FN2O3S. The summed E-state index contributed by atoms with van der Waals surface area (Å²) in [6.07, 6.45) is -0.0689. The van der Waals surface area contributed by atoms with Crippen LogP contribution in [0.5, 0.6) is 0 Å². The first-order chi connectivity index (χ1) is 11.9. The van der Waals surface area contributed by atoms with Crippen LogP contribution in [0.15, 0.2) is 71.6 Å². The lowest BCUT2D eigenvalue weighted by Gasteiger charge is -2.09. The number of rotatable bonds is 5. The number of sulfonamides is 1. The molecule has 1 amide bonds. The van der Waals surface area contributed by atoms with Gasteiger partial charge in [0, 0.05) is 0 Å². The fraction of sp³-hybridized carbons (Fsp3) is 0.0556. The summed E-state index contributed by atoms with van der Waals surface area (Å²) in [6, 6.07) is 17.5. The summed E-state index contributed by atoms with van der Waals surface area (Å²) in [5, 5.41) is 1.70. The van der Waals surface area contributed by atoms with Gasteiger partial charge in [-0.15, -0.1) is 4.83 Å². The molecule has 0 saturated heterocycles. The van der Waals surface area contributed by atoms with Crippen LogP contribution >= 0.6 is 0 Å². The number of hydrogen-bond donors (Lipinski definition) is 2. The predicted octanol–water partition coefficient (Wildman–Crippen LogP) is 2.53. The van der Waals surface area contributed by atoms with Gasteiger partial charge >= 0.3 is 0 Å². The van der Waals surface area contributed by atoms with Crippen LogP contribution in [-0.4, -0.2) is 14.3 Å². The number of nitrogens with one attached hydrogen (secondary N) is 2. The Hall–Kier alpha value is -2.77. The highest BCUT2D eigenvalue weighted by molar-refractivity contribution is 7.89. The van der Waals surface area contributed by atoms with E-state index in [1.165, 1.54) is 36.4 Å². The zero-order valence-corrected chi connectivity index (χ0v) is 13.9. The highest BCUT2D eigenvalue weighted by Crippen LogP contribution is 2.18. The lowest BCUT2D eigenvalue weighted by molar-refractivity contribution is -0.120. The van der Waals surface area contributed by atoms with Crippen LogP contribution in [0.2, 0.25) is 0 Å². The van der Waals surface area contributed by atoms with Gasteiger partial charge in [0.2, 0.25) is 5.91 Å². The van der Waals surface area contributed by atoms with E-state index in [1.54, 1.807) is 6.07 Å². The quantitative estimate of drug-likeness (QED) is 0.688. The third-order valence-electron chi connectivity index (χ3n) is 3.63. The molecule has 0 heterocycles. The molecular weight excluding hydrogens is 343 g/mol. The molecule has 0 atom stereocenters. The zero-order valence-electron chi connectivity index (χ0n) is 13.1. The highest BCUT2D eigenvalue weighted by Gasteiger charge is 2.15. The standard InChI is InChI=1S/C18H15FN2O3S/c19-16-8-5-13(6-9-16)11-18(22)20-21-25(23,24)17-10-7-14-3-1-2-4-15(14)12-17/h1-10,12,21H,11H2,(H,20,22). The Kier molecular flexibility index (Phi) is 4.78. The van der Waals surface area contributed by atoms with Gasteiger partial charge in [-0.05, 0) is 40.6 Å². The van der Waals surface area contributed by atoms with Crippen LogP contribution in [-0.2, 0) is 21.2 Å². The SMILES string of the molecule is O=C(Cc1ccc(F)cc1)NNS(=O)(=O)c1ccc2ccccc2c1. The van der Waals surface area contributed by atoms with E-state index < -0.39 is 21.7 Å². The number of halogens is 1. The van der Waals surface area contributed by atoms with Crippen molar-refractivity contribution >= 4 is 26.7 Å². The maximum atomic E-state index is 12.8. The Morgan fingerprint density at radius 3 is 2.32 bits per heavy atom. The molecule has 0 radical (unpaired) electrons. The van der Waals surface area contributed by atoms with E-state index in [2.05, 4.69) is 10.3 Å². The molecule has 0 aliphatic heterocycles. The molecule has 128 valence electrons. The Morgan fingerprint density at radius 2 is 1.60 bits per heavy atom. The minimum atomic E-state index is -3.89. The number of amides is 1. The molecule has 5 nitrogen and oxygen atoms in total. The van der Waals surface area contributed by atoms with Crippen molar-refractivity contribution in [3.8, 4) is 0 Å². The van der Waals surface area contributed by atoms with Crippen LogP contribution in [0.25, 0.3) is 10.8 Å². The fourth-order valence-electron chi connectivity index (χ4n) is 2.35. The van der Waals surface area contributed by atoms with Crippen molar-refractivity contribution in [1.29, 1.82) is 0 Å². The Labute approximate surface area is 144 Å². The van der Waals surface area contributed by atoms with Gasteiger partial charge in [-0.2, -0.15) is 0 Å². The van der Waals surface area contributed by atoms with Crippen molar-refractivity contribution in [1.82, 2.24) is 10.3 Å². The van der Waals surface area contributed by atoms with Crippen molar-refractivity contribution in [2.45, 2.75) is 11.3 Å². The second-order valence-electron chi connectivity index (χ2n) is 5.47. The monoisotopic (exact) mass is 358 g/mol. The van der Waals surface area contributed by atoms with Crippen LogP contribution in [0.1, 0.15) is 5.56 Å². The summed E-state index contributed by atoms with van der Waals surface area (Å²) in [4.78, 5) is 14.0. The van der Waals surface area contributed by atoms with Gasteiger partial charge in [0.05, 0.1) is 11.3 Å². The highest BCUT2D eigenvalue weighted by atomic mass is 32.2. The van der Waals surface area contributed by atoms with E-state index in [9.17, 15) is 17.6 Å². The lowest BCUT2D eigenvalue weighted by atomic mass is 10.1. The largest absolute Gasteiger partial charge is 0.277 e. The number of carbonyl (C=O) groups is 1. The Balaban J connectivity index is 1.68. The lowest BCUT2D eigenvalue weighted by Crippen LogP contribution is -2.42. The van der Waals surface area contributed by atoms with E-state index in [4.69, 9.17) is 0 Å². The maximum absolute atomic E-state index is 12.8. The number of carbonyl (C=O) groups excluding carboxylic acids is 1. The summed E-state index contributed by atoms with van der Waals surface area (Å²) in [5.41, 5.74) is 2.73. The number of hydrazine groups is 1. The molecule has 3 rings (SSSR count). The smallest absolute Gasteiger partial charge is 0.257 e. The summed E-state index contributed by atoms with van der Waals surface area (Å²) in [6.45, 7) is 0. The van der Waals surface area contributed by atoms with Crippen molar-refractivity contribution < 1.29 is 17.6 Å². The molecule has 2 N–H and O–H groups in total. The molecule has 0 aliphatic rings. The Morgan fingerprint density at radius 1 is 0.920 bits per heavy atom. The molecule has 0 bridgehead atoms. The third-order valence-corrected chi connectivity index (χ3v) is 4.88. The molecule has 0 spiro atoms. The maximum Gasteiger partial charge on any atom is 0.257 e. The summed E-state index contributed by atoms with van der Waals surface area (Å²) < 4.78 is 37.4. The Bertz CT molecular complexity index is 1020. The molecule has 0 unspecified atom stereocenters. The first-order valence-electron chi connectivity index (χ1n) is 7.48. The molecule has 0 aromatic heterocycles. The minimum Gasteiger partial charge on any atom is -0.277 e. The van der Waals surface area contributed by atoms with Crippen molar-refractivity contribution in [3.05, 3.63) is 78.1 Å². The van der Waals surface area contributed by atoms with E-state index in [1.807, 2.05) is 24.3 Å². The number of benzene rings is 3. The van der Waals surface area contributed by atoms with Crippen LogP contribution < -0.4 is 10.3 Å². The topological polar surface area (TPSA) is 75.3 Å². The predicted molar refractivity (Wildman–Crippen MR) is 92.5 cm³/mol. The second kappa shape index (κ2) is 7.00. The normalized spacial score (nSPS) is 11.4. The first-order valence-corrected chi connectivity index (χ1v) is 8.96. The average molecular weight is 358 g/mol. The minimum absolute atomic E-state index is 0.0493. The van der Waals surface area contributed by atoms with E-state index >= 15 is 0 Å². The fourth-order valence-corrected chi connectivity index (χ4v) is 3.24. The van der Waals surface area contributed by atoms with Gasteiger partial charge in [0.1, 0.15) is 5.82 Å². The van der Waals surface area contributed by atoms with Gasteiger partial charge in [0.15, 0.2) is 0 Å². The van der Waals surface area contributed by atoms with Gasteiger partial charge in [-0.1, -0.05) is 42.5 Å². The number of hydrogen-bond acceptors (Lipinski definition) is 3. The van der Waals surface area contributed by atoms with Gasteiger partial charge in [-0.25, -0.2) is 12.8 Å². The second-order valence-corrected chi connectivity index (χ2v) is 7.15. The number of fused-ring (bicyclic) bond motifs is 1. The zero-order chi connectivity index (χ0) is 17.9. The van der Waals surface area contributed by atoms with Gasteiger partial charge in [-0.3, -0.25) is 10.2 Å². The van der Waals surface area contributed by atoms with Crippen molar-refractivity contribution in [2.24, 2.45) is 0 Å². The van der Waals surface area contributed by atoms with E-state index in [0.29, 0.717) is 5.56 Å². The molecule has 0 saturated carbocycles. The molecule has 7 heteroatoms. The molecule has 25 heavy (non-hydrogen) atoms. The van der Waals surface area contributed by atoms with Crippen LogP contribution in [0.3, 0.4) is 0 Å². The summed E-state index contributed by atoms with van der Waals surface area (Å²) in [7, 11) is -3.89. The molecule has 0 fully saturated rings. The molecule has 0 aliphatic carbocycles. The van der Waals surface area contributed by atoms with E-state index in [-0.39, 0.29) is 11.3 Å². The van der Waals surface area contributed by atoms with Crippen LogP contribution in [0, 0.1) is 5.82 Å². The molecule has 3 aromatic rings. The first kappa shape index (κ1) is 17.1. The average Bonchev–Trinajstić information content (AvgIpc) is 2.62. The molecule has 3 aromatic carbocycles. The van der Waals surface area contributed by atoms with Gasteiger partial charge in [0.25, 0.3) is 10.0 Å². The van der Waals surface area contributed by atoms with Gasteiger partial charge < -0.3 is 0 Å². The van der Waals surface area contributed by atoms with E-state index in [0.717, 1.165) is 10.8 Å². The summed E-state index contributed by atoms with van der Waals surface area (Å²) in [5.74, 6) is -0.947. The third kappa shape index (κ3) is 4.20. The summed E-state index contributed by atoms with van der Waals surface area (Å²) >= 11 is 0. The van der Waals surface area contributed by atoms with Crippen LogP contribution in [0.4, 0.5) is 4.39 Å². The van der Waals surface area contributed by atoms with Crippen molar-refractivity contribution in [2.75, 3.05) is 0 Å².